The molecule has 3 aromatic rings. The van der Waals surface area contributed by atoms with Gasteiger partial charge in [-0.15, -0.1) is 15.3 Å². The number of fused-ring (bicyclic) bond motifs is 2. The first-order chi connectivity index (χ1) is 14.5. The molecule has 3 aromatic heterocycles. The molecule has 0 amide bonds. The second kappa shape index (κ2) is 8.22. The number of aryl methyl sites for hydroxylation is 1. The molecular weight excluding hydrogens is 376 g/mol. The summed E-state index contributed by atoms with van der Waals surface area (Å²) in [6.07, 6.45) is 7.87. The van der Waals surface area contributed by atoms with Crippen LogP contribution in [0.5, 0.6) is 0 Å². The molecule has 8 heteroatoms. The molecule has 0 saturated carbocycles. The predicted molar refractivity (Wildman–Crippen MR) is 120 cm³/mol. The number of hydrogen-bond donors (Lipinski definition) is 1. The molecule has 30 heavy (non-hydrogen) atoms. The van der Waals surface area contributed by atoms with E-state index < -0.39 is 0 Å². The highest BCUT2D eigenvalue weighted by atomic mass is 15.4. The maximum Gasteiger partial charge on any atom is 0.180 e. The van der Waals surface area contributed by atoms with E-state index in [4.69, 9.17) is 15.8 Å². The van der Waals surface area contributed by atoms with Crippen LogP contribution in [0.4, 0.5) is 5.82 Å². The Bertz CT molecular complexity index is 1130. The van der Waals surface area contributed by atoms with E-state index >= 15 is 0 Å². The highest BCUT2D eigenvalue weighted by Crippen LogP contribution is 2.28. The zero-order valence-electron chi connectivity index (χ0n) is 18.0. The topological polar surface area (TPSA) is 97.6 Å². The van der Waals surface area contributed by atoms with Crippen LogP contribution < -0.4 is 10.6 Å². The van der Waals surface area contributed by atoms with E-state index in [0.717, 1.165) is 65.5 Å². The molecule has 0 atom stereocenters. The minimum absolute atomic E-state index is 0.512. The van der Waals surface area contributed by atoms with Crippen LogP contribution in [0.2, 0.25) is 0 Å². The van der Waals surface area contributed by atoms with Gasteiger partial charge in [0.2, 0.25) is 0 Å². The van der Waals surface area contributed by atoms with Crippen molar-refractivity contribution < 1.29 is 0 Å². The zero-order valence-corrected chi connectivity index (χ0v) is 18.0. The standard InChI is InChI=1S/C22H28N8/c1-14(2)9-24-10-19(8-23)17-7-18-12-29(6-5-20(18)25-11-17)22-16(4)15(3)21-27-26-13-30(21)28-22/h7-8,10-11,13-14H,5-6,9,12,23H2,1-4H3/b19-8+,24-10?. The highest BCUT2D eigenvalue weighted by molar-refractivity contribution is 6.09. The van der Waals surface area contributed by atoms with Crippen molar-refractivity contribution in [2.24, 2.45) is 16.6 Å². The smallest absolute Gasteiger partial charge is 0.180 e. The molecule has 8 nitrogen and oxygen atoms in total. The summed E-state index contributed by atoms with van der Waals surface area (Å²) in [5, 5.41) is 12.9. The summed E-state index contributed by atoms with van der Waals surface area (Å²) in [6, 6.07) is 2.17. The summed E-state index contributed by atoms with van der Waals surface area (Å²) in [7, 11) is 0. The highest BCUT2D eigenvalue weighted by Gasteiger charge is 2.22. The molecule has 0 aliphatic carbocycles. The Labute approximate surface area is 176 Å². The zero-order chi connectivity index (χ0) is 21.3. The van der Waals surface area contributed by atoms with Gasteiger partial charge in [0.15, 0.2) is 11.5 Å². The van der Waals surface area contributed by atoms with Crippen molar-refractivity contribution in [2.45, 2.75) is 40.7 Å². The van der Waals surface area contributed by atoms with E-state index in [0.29, 0.717) is 5.92 Å². The number of aromatic nitrogens is 5. The van der Waals surface area contributed by atoms with Crippen molar-refractivity contribution in [3.8, 4) is 0 Å². The van der Waals surface area contributed by atoms with E-state index in [1.54, 1.807) is 17.0 Å². The Hall–Kier alpha value is -3.29. The third-order valence-electron chi connectivity index (χ3n) is 5.52. The molecule has 0 aromatic carbocycles. The first-order valence-electron chi connectivity index (χ1n) is 10.3. The lowest BCUT2D eigenvalue weighted by Crippen LogP contribution is -2.33. The van der Waals surface area contributed by atoms with Crippen molar-refractivity contribution in [1.82, 2.24) is 24.8 Å². The van der Waals surface area contributed by atoms with Crippen LogP contribution in [0.1, 0.15) is 41.8 Å². The maximum absolute atomic E-state index is 5.88. The van der Waals surface area contributed by atoms with Gasteiger partial charge in [0, 0.05) is 72.6 Å². The number of hydrogen-bond acceptors (Lipinski definition) is 7. The van der Waals surface area contributed by atoms with Crippen molar-refractivity contribution in [2.75, 3.05) is 18.0 Å². The normalized spacial score (nSPS) is 14.8. The molecular formula is C22H28N8. The minimum Gasteiger partial charge on any atom is -0.404 e. The number of rotatable bonds is 5. The average molecular weight is 405 g/mol. The first kappa shape index (κ1) is 20.0. The van der Waals surface area contributed by atoms with Gasteiger partial charge in [-0.3, -0.25) is 9.98 Å². The van der Waals surface area contributed by atoms with E-state index in [2.05, 4.69) is 53.9 Å². The molecule has 0 fully saturated rings. The van der Waals surface area contributed by atoms with Crippen molar-refractivity contribution in [3.05, 3.63) is 52.7 Å². The molecule has 156 valence electrons. The molecule has 0 radical (unpaired) electrons. The molecule has 4 rings (SSSR count). The summed E-state index contributed by atoms with van der Waals surface area (Å²) in [5.74, 6) is 1.47. The van der Waals surface area contributed by atoms with Crippen LogP contribution in [0.15, 0.2) is 29.8 Å². The van der Waals surface area contributed by atoms with E-state index in [9.17, 15) is 0 Å². The van der Waals surface area contributed by atoms with Gasteiger partial charge in [-0.05, 0) is 31.4 Å². The van der Waals surface area contributed by atoms with Crippen molar-refractivity contribution in [1.29, 1.82) is 0 Å². The lowest BCUT2D eigenvalue weighted by molar-refractivity contribution is 0.667. The lowest BCUT2D eigenvalue weighted by Gasteiger charge is -2.30. The van der Waals surface area contributed by atoms with Gasteiger partial charge >= 0.3 is 0 Å². The fraction of sp³-hybridized carbons (Fsp3) is 0.409. The van der Waals surface area contributed by atoms with Gasteiger partial charge < -0.3 is 10.6 Å². The summed E-state index contributed by atoms with van der Waals surface area (Å²) < 4.78 is 1.75. The number of aliphatic imine (C=N–C) groups is 1. The van der Waals surface area contributed by atoms with Gasteiger partial charge in [0.25, 0.3) is 0 Å². The van der Waals surface area contributed by atoms with Crippen molar-refractivity contribution >= 4 is 23.3 Å². The number of nitrogens with two attached hydrogens (primary N) is 1. The average Bonchev–Trinajstić information content (AvgIpc) is 3.22. The Balaban J connectivity index is 1.63. The predicted octanol–water partition coefficient (Wildman–Crippen LogP) is 2.73. The molecule has 1 aliphatic heterocycles. The summed E-state index contributed by atoms with van der Waals surface area (Å²) >= 11 is 0. The third-order valence-corrected chi connectivity index (χ3v) is 5.52. The van der Waals surface area contributed by atoms with Crippen LogP contribution >= 0.6 is 0 Å². The van der Waals surface area contributed by atoms with Crippen LogP contribution in [-0.2, 0) is 13.0 Å². The van der Waals surface area contributed by atoms with Crippen molar-refractivity contribution in [3.63, 3.8) is 0 Å². The Kier molecular flexibility index (Phi) is 5.48. The number of pyridine rings is 1. The van der Waals surface area contributed by atoms with E-state index in [1.165, 1.54) is 5.56 Å². The molecule has 0 spiro atoms. The molecule has 0 bridgehead atoms. The fourth-order valence-corrected chi connectivity index (χ4v) is 3.70. The van der Waals surface area contributed by atoms with E-state index in [-0.39, 0.29) is 0 Å². The van der Waals surface area contributed by atoms with Crippen LogP contribution in [-0.4, -0.2) is 44.1 Å². The van der Waals surface area contributed by atoms with Crippen LogP contribution in [0.3, 0.4) is 0 Å². The number of anilines is 1. The second-order valence-electron chi connectivity index (χ2n) is 8.18. The maximum atomic E-state index is 5.88. The molecule has 1 aliphatic rings. The molecule has 0 saturated heterocycles. The van der Waals surface area contributed by atoms with Gasteiger partial charge in [0.1, 0.15) is 6.33 Å². The summed E-state index contributed by atoms with van der Waals surface area (Å²) in [5.41, 5.74) is 13.1. The minimum atomic E-state index is 0.512. The number of allylic oxidation sites excluding steroid dienone is 1. The third kappa shape index (κ3) is 3.77. The first-order valence-corrected chi connectivity index (χ1v) is 10.3. The quantitative estimate of drug-likeness (QED) is 0.657. The van der Waals surface area contributed by atoms with Crippen LogP contribution in [0, 0.1) is 19.8 Å². The Morgan fingerprint density at radius 3 is 2.90 bits per heavy atom. The molecule has 0 unspecified atom stereocenters. The Morgan fingerprint density at radius 2 is 2.13 bits per heavy atom. The summed E-state index contributed by atoms with van der Waals surface area (Å²) in [4.78, 5) is 11.5. The van der Waals surface area contributed by atoms with Gasteiger partial charge in [0.05, 0.1) is 0 Å². The Morgan fingerprint density at radius 1 is 1.30 bits per heavy atom. The largest absolute Gasteiger partial charge is 0.404 e. The van der Waals surface area contributed by atoms with Crippen LogP contribution in [0.25, 0.3) is 11.2 Å². The molecule has 2 N–H and O–H groups in total. The fourth-order valence-electron chi connectivity index (χ4n) is 3.70. The molecule has 4 heterocycles. The lowest BCUT2D eigenvalue weighted by atomic mass is 10.0. The monoisotopic (exact) mass is 404 g/mol. The van der Waals surface area contributed by atoms with Gasteiger partial charge in [-0.2, -0.15) is 4.52 Å². The SMILES string of the molecule is Cc1c(N2CCc3ncc(/C(C=NCC(C)C)=C/N)cc3C2)nn2cnnc2c1C. The van der Waals surface area contributed by atoms with E-state index in [1.807, 2.05) is 12.4 Å². The summed E-state index contributed by atoms with van der Waals surface area (Å²) in [6.45, 7) is 10.8. The second-order valence-corrected chi connectivity index (χ2v) is 8.18. The van der Waals surface area contributed by atoms with Gasteiger partial charge in [-0.1, -0.05) is 13.8 Å². The van der Waals surface area contributed by atoms with Gasteiger partial charge in [-0.25, -0.2) is 0 Å². The number of nitrogens with zero attached hydrogens (tertiary/aromatic N) is 7.